The van der Waals surface area contributed by atoms with Crippen molar-refractivity contribution < 1.29 is 18.9 Å². The summed E-state index contributed by atoms with van der Waals surface area (Å²) < 4.78 is 11.5. The van der Waals surface area contributed by atoms with Gasteiger partial charge in [-0.25, -0.2) is 5.43 Å². The van der Waals surface area contributed by atoms with E-state index in [0.717, 1.165) is 16.3 Å². The van der Waals surface area contributed by atoms with Gasteiger partial charge in [-0.15, -0.1) is 0 Å². The molecular formula is C27H19N3O5. The zero-order valence-electron chi connectivity index (χ0n) is 18.4. The van der Waals surface area contributed by atoms with Crippen LogP contribution < -0.4 is 10.2 Å². The van der Waals surface area contributed by atoms with Crippen molar-refractivity contribution >= 4 is 39.6 Å². The third-order valence-corrected chi connectivity index (χ3v) is 5.49. The van der Waals surface area contributed by atoms with Gasteiger partial charge in [0.05, 0.1) is 11.1 Å². The lowest BCUT2D eigenvalue weighted by Gasteiger charge is -2.11. The molecule has 172 valence electrons. The number of benzene rings is 4. The van der Waals surface area contributed by atoms with E-state index in [1.807, 2.05) is 48.5 Å². The van der Waals surface area contributed by atoms with Crippen LogP contribution in [0.25, 0.3) is 21.7 Å². The molecule has 0 unspecified atom stereocenters. The number of furan rings is 1. The third kappa shape index (κ3) is 4.72. The summed E-state index contributed by atoms with van der Waals surface area (Å²) in [6.07, 6.45) is 1.49. The summed E-state index contributed by atoms with van der Waals surface area (Å²) in [5, 5.41) is 17.7. The number of ether oxygens (including phenoxy) is 1. The number of amides is 1. The van der Waals surface area contributed by atoms with Crippen molar-refractivity contribution in [3.63, 3.8) is 0 Å². The molecule has 35 heavy (non-hydrogen) atoms. The van der Waals surface area contributed by atoms with Gasteiger partial charge < -0.3 is 9.15 Å². The van der Waals surface area contributed by atoms with Gasteiger partial charge in [0.2, 0.25) is 0 Å². The van der Waals surface area contributed by atoms with Gasteiger partial charge in [-0.1, -0.05) is 54.6 Å². The topological polar surface area (TPSA) is 107 Å². The van der Waals surface area contributed by atoms with Crippen molar-refractivity contribution in [2.75, 3.05) is 0 Å². The Morgan fingerprint density at radius 1 is 0.971 bits per heavy atom. The van der Waals surface area contributed by atoms with Gasteiger partial charge in [-0.05, 0) is 40.6 Å². The molecule has 1 amide bonds. The van der Waals surface area contributed by atoms with E-state index in [1.54, 1.807) is 0 Å². The minimum atomic E-state index is -0.575. The quantitative estimate of drug-likeness (QED) is 0.185. The highest BCUT2D eigenvalue weighted by molar-refractivity contribution is 5.97. The molecule has 0 aliphatic heterocycles. The van der Waals surface area contributed by atoms with E-state index < -0.39 is 10.8 Å². The molecule has 1 N–H and O–H groups in total. The second-order valence-corrected chi connectivity index (χ2v) is 7.75. The number of nitro groups is 1. The van der Waals surface area contributed by atoms with E-state index in [1.165, 1.54) is 30.5 Å². The molecule has 8 nitrogen and oxygen atoms in total. The summed E-state index contributed by atoms with van der Waals surface area (Å²) in [6.45, 7) is 0.379. The first kappa shape index (κ1) is 21.8. The van der Waals surface area contributed by atoms with Crippen LogP contribution in [0.1, 0.15) is 21.7 Å². The molecule has 5 aromatic rings. The van der Waals surface area contributed by atoms with Crippen LogP contribution in [-0.4, -0.2) is 17.0 Å². The first-order valence-corrected chi connectivity index (χ1v) is 10.8. The van der Waals surface area contributed by atoms with Crippen LogP contribution in [0.4, 0.5) is 5.69 Å². The molecule has 0 saturated carbocycles. The lowest BCUT2D eigenvalue weighted by atomic mass is 10.1. The highest BCUT2D eigenvalue weighted by Crippen LogP contribution is 2.25. The van der Waals surface area contributed by atoms with Crippen LogP contribution in [0.5, 0.6) is 5.75 Å². The van der Waals surface area contributed by atoms with Crippen molar-refractivity contribution in [3.05, 3.63) is 118 Å². The zero-order valence-corrected chi connectivity index (χ0v) is 18.4. The Kier molecular flexibility index (Phi) is 5.92. The molecule has 5 rings (SSSR count). The molecule has 0 bridgehead atoms. The summed E-state index contributed by atoms with van der Waals surface area (Å²) in [6, 6.07) is 27.2. The first-order chi connectivity index (χ1) is 17.1. The molecule has 0 radical (unpaired) electrons. The maximum atomic E-state index is 12.5. The van der Waals surface area contributed by atoms with Crippen molar-refractivity contribution in [2.24, 2.45) is 5.10 Å². The normalized spacial score (nSPS) is 11.2. The molecule has 0 spiro atoms. The number of hydrazone groups is 1. The highest BCUT2D eigenvalue weighted by atomic mass is 16.6. The molecule has 1 heterocycles. The van der Waals surface area contributed by atoms with E-state index in [9.17, 15) is 14.9 Å². The average molecular weight is 465 g/mol. The minimum Gasteiger partial charge on any atom is -0.488 e. The number of rotatable bonds is 7. The SMILES string of the molecule is O=C(N/N=C\c1ccccc1OCc1cccc2ccccc12)c1cc2cc([N+](=O)[O-])ccc2o1. The minimum absolute atomic E-state index is 0.00172. The van der Waals surface area contributed by atoms with Gasteiger partial charge in [-0.3, -0.25) is 14.9 Å². The summed E-state index contributed by atoms with van der Waals surface area (Å²) in [4.78, 5) is 22.9. The Labute approximate surface area is 199 Å². The fourth-order valence-corrected chi connectivity index (χ4v) is 3.76. The number of hydrogen-bond donors (Lipinski definition) is 1. The number of non-ortho nitro benzene ring substituents is 1. The molecule has 0 aliphatic rings. The van der Waals surface area contributed by atoms with Gasteiger partial charge in [0, 0.05) is 23.1 Å². The average Bonchev–Trinajstić information content (AvgIpc) is 3.32. The van der Waals surface area contributed by atoms with Gasteiger partial charge in [-0.2, -0.15) is 5.10 Å². The highest BCUT2D eigenvalue weighted by Gasteiger charge is 2.14. The number of fused-ring (bicyclic) bond motifs is 2. The second kappa shape index (κ2) is 9.48. The summed E-state index contributed by atoms with van der Waals surface area (Å²) in [5.41, 5.74) is 4.46. The van der Waals surface area contributed by atoms with Crippen LogP contribution in [0.15, 0.2) is 101 Å². The Morgan fingerprint density at radius 3 is 2.66 bits per heavy atom. The maximum absolute atomic E-state index is 12.5. The second-order valence-electron chi connectivity index (χ2n) is 7.75. The van der Waals surface area contributed by atoms with Gasteiger partial charge in [0.25, 0.3) is 5.69 Å². The molecule has 8 heteroatoms. The monoisotopic (exact) mass is 465 g/mol. The third-order valence-electron chi connectivity index (χ3n) is 5.49. The number of nitrogens with one attached hydrogen (secondary N) is 1. The number of carbonyl (C=O) groups is 1. The molecule has 0 saturated heterocycles. The molecular weight excluding hydrogens is 446 g/mol. The van der Waals surface area contributed by atoms with Crippen LogP contribution >= 0.6 is 0 Å². The van der Waals surface area contributed by atoms with Crippen LogP contribution in [0.3, 0.4) is 0 Å². The van der Waals surface area contributed by atoms with Crippen molar-refractivity contribution in [1.82, 2.24) is 5.43 Å². The van der Waals surface area contributed by atoms with Gasteiger partial charge >= 0.3 is 5.91 Å². The number of nitrogens with zero attached hydrogens (tertiary/aromatic N) is 2. The Morgan fingerprint density at radius 2 is 1.77 bits per heavy atom. The number of nitro benzene ring substituents is 1. The van der Waals surface area contributed by atoms with Gasteiger partial charge in [0.1, 0.15) is 17.9 Å². The predicted octanol–water partition coefficient (Wildman–Crippen LogP) is 5.84. The van der Waals surface area contributed by atoms with E-state index in [2.05, 4.69) is 28.7 Å². The Balaban J connectivity index is 1.28. The van der Waals surface area contributed by atoms with Crippen molar-refractivity contribution in [3.8, 4) is 5.75 Å². The molecule has 0 aliphatic carbocycles. The fourth-order valence-electron chi connectivity index (χ4n) is 3.76. The predicted molar refractivity (Wildman–Crippen MR) is 133 cm³/mol. The van der Waals surface area contributed by atoms with Crippen molar-refractivity contribution in [2.45, 2.75) is 6.61 Å². The molecule has 0 atom stereocenters. The largest absolute Gasteiger partial charge is 0.488 e. The number of para-hydroxylation sites is 1. The van der Waals surface area contributed by atoms with E-state index in [0.29, 0.717) is 28.9 Å². The number of carbonyl (C=O) groups excluding carboxylic acids is 1. The number of hydrogen-bond acceptors (Lipinski definition) is 6. The lowest BCUT2D eigenvalue weighted by molar-refractivity contribution is -0.384. The first-order valence-electron chi connectivity index (χ1n) is 10.8. The molecule has 1 aromatic heterocycles. The standard InChI is InChI=1S/C27H19N3O5/c31-27(26-15-21-14-22(30(32)33)12-13-25(21)35-26)29-28-16-19-7-2-4-11-24(19)34-17-20-9-5-8-18-6-1-3-10-23(18)20/h1-16H,17H2,(H,29,31)/b28-16-. The Bertz CT molecular complexity index is 1580. The molecule has 0 fully saturated rings. The zero-order chi connectivity index (χ0) is 24.2. The van der Waals surface area contributed by atoms with Crippen LogP contribution in [0.2, 0.25) is 0 Å². The van der Waals surface area contributed by atoms with E-state index >= 15 is 0 Å². The summed E-state index contributed by atoms with van der Waals surface area (Å²) >= 11 is 0. The van der Waals surface area contributed by atoms with Crippen LogP contribution in [-0.2, 0) is 6.61 Å². The van der Waals surface area contributed by atoms with E-state index in [4.69, 9.17) is 9.15 Å². The fraction of sp³-hybridized carbons (Fsp3) is 0.0370. The lowest BCUT2D eigenvalue weighted by Crippen LogP contribution is -2.16. The maximum Gasteiger partial charge on any atom is 0.307 e. The van der Waals surface area contributed by atoms with E-state index in [-0.39, 0.29) is 11.4 Å². The summed E-state index contributed by atoms with van der Waals surface area (Å²) in [7, 11) is 0. The van der Waals surface area contributed by atoms with Crippen LogP contribution in [0, 0.1) is 10.1 Å². The Hall–Kier alpha value is -4.98. The smallest absolute Gasteiger partial charge is 0.307 e. The summed E-state index contributed by atoms with van der Waals surface area (Å²) in [5.74, 6) is 0.0434. The van der Waals surface area contributed by atoms with Gasteiger partial charge in [0.15, 0.2) is 5.76 Å². The molecule has 4 aromatic carbocycles. The van der Waals surface area contributed by atoms with Crippen molar-refractivity contribution in [1.29, 1.82) is 0 Å².